The second-order valence-corrected chi connectivity index (χ2v) is 6.02. The molecule has 0 aliphatic carbocycles. The lowest BCUT2D eigenvalue weighted by Crippen LogP contribution is -2.20. The lowest BCUT2D eigenvalue weighted by Gasteiger charge is -2.13. The summed E-state index contributed by atoms with van der Waals surface area (Å²) in [6, 6.07) is 6.04. The Kier molecular flexibility index (Phi) is 6.37. The lowest BCUT2D eigenvalue weighted by atomic mass is 10.1. The van der Waals surface area contributed by atoms with E-state index in [2.05, 4.69) is 0 Å². The summed E-state index contributed by atoms with van der Waals surface area (Å²) in [7, 11) is 2.73. The van der Waals surface area contributed by atoms with Crippen LogP contribution < -0.4 is 9.47 Å². The molecule has 2 rings (SSSR count). The van der Waals surface area contributed by atoms with Crippen LogP contribution in [0.1, 0.15) is 32.1 Å². The fourth-order valence-corrected chi connectivity index (χ4v) is 2.84. The van der Waals surface area contributed by atoms with Crippen LogP contribution in [0.4, 0.5) is 13.2 Å². The number of Topliss-reactive ketones (excluding diaryl/α,β-unsaturated/α-hetero) is 1. The number of aryl methyl sites for hydroxylation is 1. The Bertz CT molecular complexity index is 864. The maximum atomic E-state index is 12.7. The van der Waals surface area contributed by atoms with Crippen LogP contribution in [0.2, 0.25) is 0 Å². The van der Waals surface area contributed by atoms with Gasteiger partial charge in [-0.2, -0.15) is 13.2 Å². The Morgan fingerprint density at radius 3 is 2.14 bits per heavy atom. The first-order valence-electron chi connectivity index (χ1n) is 8.23. The molecule has 9 heteroatoms. The van der Waals surface area contributed by atoms with Crippen LogP contribution in [-0.4, -0.2) is 43.3 Å². The number of benzene rings is 1. The minimum Gasteiger partial charge on any atom is -0.496 e. The number of carbonyl (C=O) groups is 2. The van der Waals surface area contributed by atoms with E-state index in [0.29, 0.717) is 0 Å². The topological polar surface area (TPSA) is 66.8 Å². The number of ether oxygens (including phenoxy) is 3. The first kappa shape index (κ1) is 21.3. The maximum absolute atomic E-state index is 12.7. The number of carbonyl (C=O) groups excluding carboxylic acids is 2. The van der Waals surface area contributed by atoms with Gasteiger partial charge < -0.3 is 18.8 Å². The number of nitrogens with zero attached hydrogens (tertiary/aromatic N) is 1. The van der Waals surface area contributed by atoms with E-state index < -0.39 is 31.1 Å². The van der Waals surface area contributed by atoms with Crippen molar-refractivity contribution in [2.24, 2.45) is 0 Å². The number of hydrogen-bond donors (Lipinski definition) is 0. The average molecular weight is 399 g/mol. The Balaban J connectivity index is 2.18. The molecular weight excluding hydrogens is 379 g/mol. The van der Waals surface area contributed by atoms with Crippen molar-refractivity contribution >= 4 is 11.8 Å². The van der Waals surface area contributed by atoms with Crippen LogP contribution in [0, 0.1) is 13.8 Å². The summed E-state index contributed by atoms with van der Waals surface area (Å²) < 4.78 is 54.4. The van der Waals surface area contributed by atoms with E-state index in [4.69, 9.17) is 14.2 Å². The van der Waals surface area contributed by atoms with Crippen molar-refractivity contribution in [2.45, 2.75) is 26.6 Å². The highest BCUT2D eigenvalue weighted by Crippen LogP contribution is 2.29. The molecule has 0 saturated carbocycles. The third kappa shape index (κ3) is 4.65. The normalized spacial score (nSPS) is 11.2. The molecule has 1 aromatic heterocycles. The molecule has 152 valence electrons. The molecule has 0 aliphatic rings. The molecule has 0 atom stereocenters. The fourth-order valence-electron chi connectivity index (χ4n) is 2.84. The second-order valence-electron chi connectivity index (χ2n) is 6.02. The van der Waals surface area contributed by atoms with E-state index in [1.54, 1.807) is 6.07 Å². The number of ketones is 1. The van der Waals surface area contributed by atoms with Crippen molar-refractivity contribution in [3.05, 3.63) is 46.8 Å². The zero-order chi connectivity index (χ0) is 21.1. The Morgan fingerprint density at radius 1 is 1.07 bits per heavy atom. The fraction of sp³-hybridized carbons (Fsp3) is 0.368. The largest absolute Gasteiger partial charge is 0.496 e. The van der Waals surface area contributed by atoms with Crippen molar-refractivity contribution in [1.29, 1.82) is 0 Å². The van der Waals surface area contributed by atoms with Gasteiger partial charge in [-0.3, -0.25) is 4.79 Å². The van der Waals surface area contributed by atoms with Crippen LogP contribution in [0.3, 0.4) is 0 Å². The standard InChI is InChI=1S/C19H20F3NO5/c1-11-8-13(12(2)23(11)10-19(20,21)22)14(24)9-28-18(25)17-15(26-3)6-5-7-16(17)27-4/h5-8H,9-10H2,1-4H3. The van der Waals surface area contributed by atoms with Crippen molar-refractivity contribution in [2.75, 3.05) is 20.8 Å². The van der Waals surface area contributed by atoms with Crippen LogP contribution in [0.15, 0.2) is 24.3 Å². The molecule has 0 aliphatic heterocycles. The first-order chi connectivity index (χ1) is 13.1. The van der Waals surface area contributed by atoms with Crippen molar-refractivity contribution in [3.8, 4) is 11.5 Å². The van der Waals surface area contributed by atoms with Crippen LogP contribution in [-0.2, 0) is 11.3 Å². The van der Waals surface area contributed by atoms with E-state index in [-0.39, 0.29) is 34.0 Å². The highest BCUT2D eigenvalue weighted by Gasteiger charge is 2.30. The quantitative estimate of drug-likeness (QED) is 0.524. The summed E-state index contributed by atoms with van der Waals surface area (Å²) in [5, 5.41) is 0. The maximum Gasteiger partial charge on any atom is 0.406 e. The van der Waals surface area contributed by atoms with E-state index in [9.17, 15) is 22.8 Å². The third-order valence-corrected chi connectivity index (χ3v) is 4.18. The number of alkyl halides is 3. The van der Waals surface area contributed by atoms with Gasteiger partial charge in [0.1, 0.15) is 23.6 Å². The van der Waals surface area contributed by atoms with Crippen molar-refractivity contribution < 1.29 is 37.0 Å². The van der Waals surface area contributed by atoms with Crippen LogP contribution in [0.25, 0.3) is 0 Å². The summed E-state index contributed by atoms with van der Waals surface area (Å²) in [5.74, 6) is -1.03. The van der Waals surface area contributed by atoms with Gasteiger partial charge in [-0.1, -0.05) is 6.07 Å². The van der Waals surface area contributed by atoms with E-state index >= 15 is 0 Å². The molecule has 1 heterocycles. The van der Waals surface area contributed by atoms with Gasteiger partial charge in [0, 0.05) is 17.0 Å². The van der Waals surface area contributed by atoms with Crippen LogP contribution in [0.5, 0.6) is 11.5 Å². The van der Waals surface area contributed by atoms with Gasteiger partial charge in [-0.15, -0.1) is 0 Å². The van der Waals surface area contributed by atoms with E-state index in [1.165, 1.54) is 46.3 Å². The summed E-state index contributed by atoms with van der Waals surface area (Å²) in [5.41, 5.74) is 0.533. The smallest absolute Gasteiger partial charge is 0.406 e. The minimum atomic E-state index is -4.41. The summed E-state index contributed by atoms with van der Waals surface area (Å²) in [6.07, 6.45) is -4.41. The predicted molar refractivity (Wildman–Crippen MR) is 94.1 cm³/mol. The monoisotopic (exact) mass is 399 g/mol. The zero-order valence-corrected chi connectivity index (χ0v) is 15.8. The number of methoxy groups -OCH3 is 2. The lowest BCUT2D eigenvalue weighted by molar-refractivity contribution is -0.141. The number of rotatable bonds is 7. The molecular formula is C19H20F3NO5. The molecule has 0 unspecified atom stereocenters. The molecule has 0 radical (unpaired) electrons. The minimum absolute atomic E-state index is 0.0165. The Morgan fingerprint density at radius 2 is 1.64 bits per heavy atom. The number of halogens is 3. The number of esters is 1. The first-order valence-corrected chi connectivity index (χ1v) is 8.23. The molecule has 2 aromatic rings. The molecule has 0 spiro atoms. The van der Waals surface area contributed by atoms with Gasteiger partial charge in [0.05, 0.1) is 14.2 Å². The third-order valence-electron chi connectivity index (χ3n) is 4.18. The zero-order valence-electron chi connectivity index (χ0n) is 15.8. The average Bonchev–Trinajstić information content (AvgIpc) is 2.91. The van der Waals surface area contributed by atoms with Gasteiger partial charge in [-0.05, 0) is 32.0 Å². The summed E-state index contributed by atoms with van der Waals surface area (Å²) in [4.78, 5) is 24.8. The highest BCUT2D eigenvalue weighted by molar-refractivity contribution is 6.01. The molecule has 0 N–H and O–H groups in total. The SMILES string of the molecule is COc1cccc(OC)c1C(=O)OCC(=O)c1cc(C)n(CC(F)(F)F)c1C. The molecule has 0 fully saturated rings. The number of hydrogen-bond acceptors (Lipinski definition) is 5. The van der Waals surface area contributed by atoms with Crippen molar-refractivity contribution in [3.63, 3.8) is 0 Å². The van der Waals surface area contributed by atoms with Gasteiger partial charge in [0.15, 0.2) is 6.61 Å². The number of aromatic nitrogens is 1. The van der Waals surface area contributed by atoms with Gasteiger partial charge >= 0.3 is 12.1 Å². The molecule has 1 aromatic carbocycles. The van der Waals surface area contributed by atoms with Gasteiger partial charge in [0.25, 0.3) is 0 Å². The van der Waals surface area contributed by atoms with Crippen LogP contribution >= 0.6 is 0 Å². The Labute approximate surface area is 159 Å². The van der Waals surface area contributed by atoms with Gasteiger partial charge in [0.2, 0.25) is 5.78 Å². The highest BCUT2D eigenvalue weighted by atomic mass is 19.4. The predicted octanol–water partition coefficient (Wildman–Crippen LogP) is 3.72. The second kappa shape index (κ2) is 8.37. The summed E-state index contributed by atoms with van der Waals surface area (Å²) in [6.45, 7) is 1.06. The van der Waals surface area contributed by atoms with Gasteiger partial charge in [-0.25, -0.2) is 4.79 Å². The molecule has 0 bridgehead atoms. The molecule has 0 amide bonds. The summed E-state index contributed by atoms with van der Waals surface area (Å²) >= 11 is 0. The molecule has 6 nitrogen and oxygen atoms in total. The van der Waals surface area contributed by atoms with Crippen molar-refractivity contribution in [1.82, 2.24) is 4.57 Å². The Hall–Kier alpha value is -2.97. The molecule has 28 heavy (non-hydrogen) atoms. The molecule has 0 saturated heterocycles. The van der Waals surface area contributed by atoms with E-state index in [1.807, 2.05) is 0 Å². The van der Waals surface area contributed by atoms with E-state index in [0.717, 1.165) is 4.57 Å².